The van der Waals surface area contributed by atoms with E-state index in [4.69, 9.17) is 14.6 Å². The Bertz CT molecular complexity index is 646. The standard InChI is InChI=1S/C13H18BrNO6S/c1-4-5-15(8-13(16)17)22(18,19)12-6-9(14)10(20-2)7-11(12)21-3/h6-7H,4-5,8H2,1-3H3,(H,16,17). The molecular weight excluding hydrogens is 378 g/mol. The number of hydrogen-bond acceptors (Lipinski definition) is 5. The van der Waals surface area contributed by atoms with E-state index in [1.807, 2.05) is 0 Å². The first kappa shape index (κ1) is 18.7. The van der Waals surface area contributed by atoms with Crippen LogP contribution in [0.3, 0.4) is 0 Å². The summed E-state index contributed by atoms with van der Waals surface area (Å²) in [5.74, 6) is -0.716. The van der Waals surface area contributed by atoms with E-state index < -0.39 is 22.5 Å². The van der Waals surface area contributed by atoms with E-state index in [1.54, 1.807) is 6.92 Å². The number of carbonyl (C=O) groups is 1. The highest BCUT2D eigenvalue weighted by atomic mass is 79.9. The molecule has 1 N–H and O–H groups in total. The van der Waals surface area contributed by atoms with Crippen molar-refractivity contribution >= 4 is 31.9 Å². The molecule has 0 unspecified atom stereocenters. The molecule has 1 aromatic rings. The predicted molar refractivity (Wildman–Crippen MR) is 83.9 cm³/mol. The van der Waals surface area contributed by atoms with Crippen molar-refractivity contribution in [3.63, 3.8) is 0 Å². The number of methoxy groups -OCH3 is 2. The number of hydrogen-bond donors (Lipinski definition) is 1. The van der Waals surface area contributed by atoms with Gasteiger partial charge in [0.25, 0.3) is 0 Å². The quantitative estimate of drug-likeness (QED) is 0.722. The number of carboxylic acids is 1. The zero-order chi connectivity index (χ0) is 16.9. The number of aliphatic carboxylic acids is 1. The van der Waals surface area contributed by atoms with E-state index >= 15 is 0 Å². The van der Waals surface area contributed by atoms with Crippen molar-refractivity contribution in [3.8, 4) is 11.5 Å². The van der Waals surface area contributed by atoms with Crippen LogP contribution >= 0.6 is 15.9 Å². The molecular formula is C13H18BrNO6S. The summed E-state index contributed by atoms with van der Waals surface area (Å²) in [4.78, 5) is 10.8. The number of halogens is 1. The Kier molecular flexibility index (Phi) is 6.64. The number of nitrogens with zero attached hydrogens (tertiary/aromatic N) is 1. The molecule has 0 saturated heterocycles. The van der Waals surface area contributed by atoms with Crippen LogP contribution in [0.15, 0.2) is 21.5 Å². The van der Waals surface area contributed by atoms with Crippen LogP contribution in [0.4, 0.5) is 0 Å². The monoisotopic (exact) mass is 395 g/mol. The Morgan fingerprint density at radius 2 is 1.86 bits per heavy atom. The van der Waals surface area contributed by atoms with Crippen LogP contribution in [0.2, 0.25) is 0 Å². The summed E-state index contributed by atoms with van der Waals surface area (Å²) in [7, 11) is -1.22. The highest BCUT2D eigenvalue weighted by Crippen LogP contribution is 2.36. The van der Waals surface area contributed by atoms with E-state index in [9.17, 15) is 13.2 Å². The van der Waals surface area contributed by atoms with Gasteiger partial charge >= 0.3 is 5.97 Å². The second kappa shape index (κ2) is 7.80. The highest BCUT2D eigenvalue weighted by molar-refractivity contribution is 9.10. The van der Waals surface area contributed by atoms with E-state index in [0.29, 0.717) is 16.6 Å². The van der Waals surface area contributed by atoms with Crippen LogP contribution in [0.25, 0.3) is 0 Å². The fraction of sp³-hybridized carbons (Fsp3) is 0.462. The van der Waals surface area contributed by atoms with Crippen molar-refractivity contribution < 1.29 is 27.8 Å². The van der Waals surface area contributed by atoms with Gasteiger partial charge in [-0.15, -0.1) is 0 Å². The van der Waals surface area contributed by atoms with Gasteiger partial charge in [-0.1, -0.05) is 6.92 Å². The Morgan fingerprint density at radius 3 is 2.32 bits per heavy atom. The number of sulfonamides is 1. The molecule has 0 aliphatic carbocycles. The lowest BCUT2D eigenvalue weighted by Crippen LogP contribution is -2.36. The second-order valence-corrected chi connectivity index (χ2v) is 7.13. The fourth-order valence-electron chi connectivity index (χ4n) is 1.86. The van der Waals surface area contributed by atoms with Crippen molar-refractivity contribution in [3.05, 3.63) is 16.6 Å². The smallest absolute Gasteiger partial charge is 0.318 e. The Labute approximate surface area is 138 Å². The zero-order valence-electron chi connectivity index (χ0n) is 12.5. The molecule has 22 heavy (non-hydrogen) atoms. The molecule has 0 bridgehead atoms. The largest absolute Gasteiger partial charge is 0.495 e. The van der Waals surface area contributed by atoms with Crippen LogP contribution in [-0.4, -0.2) is 51.1 Å². The number of ether oxygens (including phenoxy) is 2. The Hall–Kier alpha value is -1.32. The van der Waals surface area contributed by atoms with Gasteiger partial charge in [0, 0.05) is 12.6 Å². The lowest BCUT2D eigenvalue weighted by molar-refractivity contribution is -0.137. The minimum absolute atomic E-state index is 0.0894. The maximum Gasteiger partial charge on any atom is 0.318 e. The SMILES string of the molecule is CCCN(CC(=O)O)S(=O)(=O)c1cc(Br)c(OC)cc1OC. The summed E-state index contributed by atoms with van der Waals surface area (Å²) in [5, 5.41) is 8.92. The molecule has 0 aromatic heterocycles. The summed E-state index contributed by atoms with van der Waals surface area (Å²) < 4.78 is 37.0. The molecule has 1 rings (SSSR count). The minimum atomic E-state index is -4.01. The first-order chi connectivity index (χ1) is 10.3. The molecule has 0 spiro atoms. The summed E-state index contributed by atoms with van der Waals surface area (Å²) in [6.07, 6.45) is 0.492. The van der Waals surface area contributed by atoms with Gasteiger partial charge in [-0.25, -0.2) is 8.42 Å². The van der Waals surface area contributed by atoms with Crippen LogP contribution in [0.1, 0.15) is 13.3 Å². The van der Waals surface area contributed by atoms with E-state index in [2.05, 4.69) is 15.9 Å². The average Bonchev–Trinajstić information content (AvgIpc) is 2.46. The first-order valence-electron chi connectivity index (χ1n) is 6.41. The molecule has 7 nitrogen and oxygen atoms in total. The number of benzene rings is 1. The molecule has 0 atom stereocenters. The molecule has 0 amide bonds. The third-order valence-corrected chi connectivity index (χ3v) is 5.33. The molecule has 0 fully saturated rings. The van der Waals surface area contributed by atoms with Gasteiger partial charge in [-0.3, -0.25) is 4.79 Å². The zero-order valence-corrected chi connectivity index (χ0v) is 14.9. The molecule has 0 saturated carbocycles. The molecule has 9 heteroatoms. The van der Waals surface area contributed by atoms with Gasteiger partial charge in [0.2, 0.25) is 10.0 Å². The third-order valence-electron chi connectivity index (χ3n) is 2.84. The fourth-order valence-corrected chi connectivity index (χ4v) is 4.16. The number of rotatable bonds is 8. The van der Waals surface area contributed by atoms with E-state index in [-0.39, 0.29) is 17.2 Å². The van der Waals surface area contributed by atoms with Crippen LogP contribution in [0, 0.1) is 0 Å². The molecule has 0 heterocycles. The first-order valence-corrected chi connectivity index (χ1v) is 8.64. The lowest BCUT2D eigenvalue weighted by atomic mass is 10.3. The van der Waals surface area contributed by atoms with Crippen molar-refractivity contribution in [2.75, 3.05) is 27.3 Å². The van der Waals surface area contributed by atoms with Crippen LogP contribution < -0.4 is 9.47 Å². The van der Waals surface area contributed by atoms with Gasteiger partial charge in [0.05, 0.1) is 18.7 Å². The maximum atomic E-state index is 12.7. The third kappa shape index (κ3) is 4.11. The summed E-state index contributed by atoms with van der Waals surface area (Å²) in [5.41, 5.74) is 0. The van der Waals surface area contributed by atoms with E-state index in [0.717, 1.165) is 4.31 Å². The molecule has 0 aliphatic heterocycles. The van der Waals surface area contributed by atoms with Crippen LogP contribution in [-0.2, 0) is 14.8 Å². The number of carboxylic acid groups (broad SMARTS) is 1. The van der Waals surface area contributed by atoms with Crippen molar-refractivity contribution in [2.45, 2.75) is 18.2 Å². The summed E-state index contributed by atoms with van der Waals surface area (Å²) in [6, 6.07) is 2.78. The van der Waals surface area contributed by atoms with Gasteiger partial charge in [-0.05, 0) is 28.4 Å². The molecule has 0 radical (unpaired) electrons. The topological polar surface area (TPSA) is 93.1 Å². The van der Waals surface area contributed by atoms with Gasteiger partial charge in [0.1, 0.15) is 22.9 Å². The second-order valence-electron chi connectivity index (χ2n) is 4.37. The summed E-state index contributed by atoms with van der Waals surface area (Å²) in [6.45, 7) is 1.26. The predicted octanol–water partition coefficient (Wildman–Crippen LogP) is 1.95. The average molecular weight is 396 g/mol. The van der Waals surface area contributed by atoms with Crippen LogP contribution in [0.5, 0.6) is 11.5 Å². The lowest BCUT2D eigenvalue weighted by Gasteiger charge is -2.21. The Morgan fingerprint density at radius 1 is 1.27 bits per heavy atom. The van der Waals surface area contributed by atoms with Gasteiger partial charge < -0.3 is 14.6 Å². The van der Waals surface area contributed by atoms with E-state index in [1.165, 1.54) is 26.4 Å². The van der Waals surface area contributed by atoms with Gasteiger partial charge in [-0.2, -0.15) is 4.31 Å². The van der Waals surface area contributed by atoms with Crippen molar-refractivity contribution in [1.29, 1.82) is 0 Å². The molecule has 0 aliphatic rings. The van der Waals surface area contributed by atoms with Crippen molar-refractivity contribution in [1.82, 2.24) is 4.31 Å². The van der Waals surface area contributed by atoms with Crippen molar-refractivity contribution in [2.24, 2.45) is 0 Å². The minimum Gasteiger partial charge on any atom is -0.495 e. The molecule has 1 aromatic carbocycles. The maximum absolute atomic E-state index is 12.7. The Balaban J connectivity index is 3.42. The van der Waals surface area contributed by atoms with Gasteiger partial charge in [0.15, 0.2) is 0 Å². The summed E-state index contributed by atoms with van der Waals surface area (Å²) >= 11 is 3.22. The molecule has 124 valence electrons. The normalized spacial score (nSPS) is 11.5. The highest BCUT2D eigenvalue weighted by Gasteiger charge is 2.30.